The van der Waals surface area contributed by atoms with Gasteiger partial charge in [-0.1, -0.05) is 71.9 Å². The van der Waals surface area contributed by atoms with Crippen molar-refractivity contribution in [2.75, 3.05) is 6.73 Å². The van der Waals surface area contributed by atoms with E-state index in [2.05, 4.69) is 59.0 Å². The minimum Gasteiger partial charge on any atom is -0.507 e. The first-order chi connectivity index (χ1) is 11.6. The maximum absolute atomic E-state index is 10.9. The molecule has 0 saturated carbocycles. The van der Waals surface area contributed by atoms with Crippen LogP contribution in [0.3, 0.4) is 0 Å². The van der Waals surface area contributed by atoms with Gasteiger partial charge in [0.25, 0.3) is 0 Å². The van der Waals surface area contributed by atoms with Crippen LogP contribution >= 0.6 is 12.4 Å². The predicted octanol–water partition coefficient (Wildman–Crippen LogP) is 5.04. The molecule has 1 unspecified atom stereocenters. The van der Waals surface area contributed by atoms with Crippen molar-refractivity contribution >= 4 is 12.4 Å². The fourth-order valence-electron chi connectivity index (χ4n) is 3.13. The summed E-state index contributed by atoms with van der Waals surface area (Å²) < 4.78 is 0. The predicted molar refractivity (Wildman–Crippen MR) is 111 cm³/mol. The first-order valence-corrected chi connectivity index (χ1v) is 8.82. The van der Waals surface area contributed by atoms with Gasteiger partial charge in [-0.3, -0.25) is 5.32 Å². The highest BCUT2D eigenvalue weighted by molar-refractivity contribution is 5.85. The molecule has 0 fully saturated rings. The summed E-state index contributed by atoms with van der Waals surface area (Å²) in [6, 6.07) is 14.1. The molecule has 2 rings (SSSR count). The molecule has 0 bridgehead atoms. The Balaban J connectivity index is 0.00000338. The summed E-state index contributed by atoms with van der Waals surface area (Å²) in [6.45, 7) is 12.5. The molecule has 0 radical (unpaired) electrons. The fraction of sp³-hybridized carbons (Fsp3) is 0.455. The number of aromatic hydroxyl groups is 1. The summed E-state index contributed by atoms with van der Waals surface area (Å²) in [6.07, 6.45) is 0. The minimum atomic E-state index is -0.180. The van der Waals surface area contributed by atoms with E-state index < -0.39 is 0 Å². The molecule has 144 valence electrons. The fourth-order valence-corrected chi connectivity index (χ4v) is 3.13. The molecular formula is C22H32ClNO2. The second kappa shape index (κ2) is 8.43. The van der Waals surface area contributed by atoms with Gasteiger partial charge in [-0.05, 0) is 45.2 Å². The Morgan fingerprint density at radius 2 is 1.31 bits per heavy atom. The molecule has 26 heavy (non-hydrogen) atoms. The van der Waals surface area contributed by atoms with E-state index in [1.54, 1.807) is 0 Å². The molecule has 4 heteroatoms. The molecule has 1 atom stereocenters. The lowest BCUT2D eigenvalue weighted by molar-refractivity contribution is 0.249. The normalized spacial score (nSPS) is 13.2. The van der Waals surface area contributed by atoms with Crippen LogP contribution in [-0.4, -0.2) is 16.9 Å². The lowest BCUT2D eigenvalue weighted by Gasteiger charge is -2.30. The summed E-state index contributed by atoms with van der Waals surface area (Å²) >= 11 is 0. The van der Waals surface area contributed by atoms with Crippen LogP contribution in [-0.2, 0) is 10.8 Å². The van der Waals surface area contributed by atoms with Gasteiger partial charge in [-0.2, -0.15) is 0 Å². The average molecular weight is 378 g/mol. The van der Waals surface area contributed by atoms with Crippen molar-refractivity contribution < 1.29 is 10.2 Å². The van der Waals surface area contributed by atoms with Crippen LogP contribution in [0.25, 0.3) is 0 Å². The Hall–Kier alpha value is -1.55. The molecule has 0 aliphatic rings. The van der Waals surface area contributed by atoms with Gasteiger partial charge in [0.2, 0.25) is 0 Å². The Morgan fingerprint density at radius 3 is 1.69 bits per heavy atom. The first-order valence-electron chi connectivity index (χ1n) is 8.82. The lowest BCUT2D eigenvalue weighted by Crippen LogP contribution is -2.25. The van der Waals surface area contributed by atoms with Gasteiger partial charge in [0, 0.05) is 0 Å². The molecule has 0 aliphatic carbocycles. The summed E-state index contributed by atoms with van der Waals surface area (Å²) in [5, 5.41) is 23.6. The zero-order valence-electron chi connectivity index (χ0n) is 16.6. The van der Waals surface area contributed by atoms with Crippen LogP contribution in [0.4, 0.5) is 0 Å². The van der Waals surface area contributed by atoms with Crippen molar-refractivity contribution in [2.24, 2.45) is 0 Å². The first kappa shape index (κ1) is 22.5. The standard InChI is InChI=1S/C22H31NO2.ClH/c1-21(2,3)17-12-16(13-18(20(17)25)22(4,5)6)19(23-14-24)15-10-8-7-9-11-15;/h7-13,19,23-25H,14H2,1-6H3;1H. The van der Waals surface area contributed by atoms with Crippen LogP contribution in [0.15, 0.2) is 42.5 Å². The van der Waals surface area contributed by atoms with Gasteiger partial charge in [-0.15, -0.1) is 12.4 Å². The second-order valence-corrected chi connectivity index (χ2v) is 8.67. The zero-order valence-corrected chi connectivity index (χ0v) is 17.4. The summed E-state index contributed by atoms with van der Waals surface area (Å²) in [5.74, 6) is 0.375. The molecule has 0 spiro atoms. The van der Waals surface area contributed by atoms with Gasteiger partial charge in [0.05, 0.1) is 12.8 Å². The zero-order chi connectivity index (χ0) is 18.8. The maximum Gasteiger partial charge on any atom is 0.123 e. The van der Waals surface area contributed by atoms with Crippen LogP contribution in [0.1, 0.15) is 69.8 Å². The van der Waals surface area contributed by atoms with Crippen LogP contribution in [0, 0.1) is 0 Å². The third-order valence-electron chi connectivity index (χ3n) is 4.51. The van der Waals surface area contributed by atoms with Gasteiger partial charge in [0.15, 0.2) is 0 Å². The highest BCUT2D eigenvalue weighted by atomic mass is 35.5. The van der Waals surface area contributed by atoms with Crippen molar-refractivity contribution in [1.29, 1.82) is 0 Å². The summed E-state index contributed by atoms with van der Waals surface area (Å²) in [5.41, 5.74) is 3.63. The van der Waals surface area contributed by atoms with E-state index in [9.17, 15) is 10.2 Å². The van der Waals surface area contributed by atoms with Crippen molar-refractivity contribution in [3.05, 3.63) is 64.7 Å². The van der Waals surface area contributed by atoms with E-state index in [4.69, 9.17) is 0 Å². The highest BCUT2D eigenvalue weighted by Gasteiger charge is 2.28. The van der Waals surface area contributed by atoms with Crippen molar-refractivity contribution in [1.82, 2.24) is 5.32 Å². The van der Waals surface area contributed by atoms with Gasteiger partial charge in [-0.25, -0.2) is 0 Å². The molecule has 3 N–H and O–H groups in total. The molecule has 0 heterocycles. The van der Waals surface area contributed by atoms with Gasteiger partial charge >= 0.3 is 0 Å². The largest absolute Gasteiger partial charge is 0.507 e. The summed E-state index contributed by atoms with van der Waals surface area (Å²) in [4.78, 5) is 0. The maximum atomic E-state index is 10.9. The number of hydrogen-bond donors (Lipinski definition) is 3. The number of phenols is 1. The monoisotopic (exact) mass is 377 g/mol. The third kappa shape index (κ3) is 5.00. The number of nitrogens with one attached hydrogen (secondary N) is 1. The molecule has 2 aromatic rings. The smallest absolute Gasteiger partial charge is 0.123 e. The number of aliphatic hydroxyl groups is 1. The van der Waals surface area contributed by atoms with E-state index in [-0.39, 0.29) is 36.0 Å². The summed E-state index contributed by atoms with van der Waals surface area (Å²) in [7, 11) is 0. The Bertz CT molecular complexity index is 680. The van der Waals surface area contributed by atoms with Crippen LogP contribution < -0.4 is 5.32 Å². The lowest BCUT2D eigenvalue weighted by atomic mass is 9.77. The van der Waals surface area contributed by atoms with Crippen molar-refractivity contribution in [2.45, 2.75) is 58.4 Å². The SMILES string of the molecule is CC(C)(C)c1cc(C(NCO)c2ccccc2)cc(C(C)(C)C)c1O.Cl. The minimum absolute atomic E-state index is 0. The number of phenolic OH excluding ortho intramolecular Hbond substituents is 1. The van der Waals surface area contributed by atoms with Crippen molar-refractivity contribution in [3.63, 3.8) is 0 Å². The number of rotatable bonds is 4. The van der Waals surface area contributed by atoms with Crippen LogP contribution in [0.5, 0.6) is 5.75 Å². The number of halogens is 1. The second-order valence-electron chi connectivity index (χ2n) is 8.67. The van der Waals surface area contributed by atoms with Gasteiger partial charge < -0.3 is 10.2 Å². The Kier molecular flexibility index (Phi) is 7.29. The van der Waals surface area contributed by atoms with E-state index in [1.165, 1.54) is 0 Å². The third-order valence-corrected chi connectivity index (χ3v) is 4.51. The molecule has 0 aromatic heterocycles. The molecule has 3 nitrogen and oxygen atoms in total. The quantitative estimate of drug-likeness (QED) is 0.654. The molecule has 2 aromatic carbocycles. The van der Waals surface area contributed by atoms with E-state index in [1.807, 2.05) is 30.3 Å². The number of hydrogen-bond acceptors (Lipinski definition) is 3. The van der Waals surface area contributed by atoms with Gasteiger partial charge in [0.1, 0.15) is 5.75 Å². The number of benzene rings is 2. The van der Waals surface area contributed by atoms with Crippen LogP contribution in [0.2, 0.25) is 0 Å². The number of aliphatic hydroxyl groups excluding tert-OH is 1. The Morgan fingerprint density at radius 1 is 0.846 bits per heavy atom. The topological polar surface area (TPSA) is 52.5 Å². The highest BCUT2D eigenvalue weighted by Crippen LogP contribution is 2.41. The molecule has 0 amide bonds. The van der Waals surface area contributed by atoms with E-state index >= 15 is 0 Å². The molecule has 0 saturated heterocycles. The average Bonchev–Trinajstić information content (AvgIpc) is 2.51. The Labute approximate surface area is 163 Å². The van der Waals surface area contributed by atoms with E-state index in [0.717, 1.165) is 22.3 Å². The van der Waals surface area contributed by atoms with Crippen molar-refractivity contribution in [3.8, 4) is 5.75 Å². The van der Waals surface area contributed by atoms with E-state index in [0.29, 0.717) is 5.75 Å². The molecular weight excluding hydrogens is 346 g/mol. The molecule has 0 aliphatic heterocycles.